The molecule has 9 rings (SSSR count). The van der Waals surface area contributed by atoms with E-state index in [2.05, 4.69) is 36.5 Å². The molecule has 0 bridgehead atoms. The highest BCUT2D eigenvalue weighted by Crippen LogP contribution is 2.37. The summed E-state index contributed by atoms with van der Waals surface area (Å²) >= 11 is 6.16. The Bertz CT molecular complexity index is 2280. The van der Waals surface area contributed by atoms with Crippen LogP contribution in [0.1, 0.15) is 114 Å². The van der Waals surface area contributed by atoms with Gasteiger partial charge in [0.1, 0.15) is 41.2 Å². The fourth-order valence-electron chi connectivity index (χ4n) is 9.92. The van der Waals surface area contributed by atoms with Crippen molar-refractivity contribution in [2.24, 2.45) is 5.92 Å². The Kier molecular flexibility index (Phi) is 12.6. The number of imide groups is 2. The number of halogens is 1. The molecule has 16 nitrogen and oxygen atoms in total. The van der Waals surface area contributed by atoms with Crippen LogP contribution in [0.15, 0.2) is 48.8 Å². The van der Waals surface area contributed by atoms with Gasteiger partial charge in [0.25, 0.3) is 17.7 Å². The topological polar surface area (TPSA) is 196 Å². The summed E-state index contributed by atoms with van der Waals surface area (Å²) in [6.07, 6.45) is 12.3. The second-order valence-electron chi connectivity index (χ2n) is 17.6. The summed E-state index contributed by atoms with van der Waals surface area (Å²) in [5, 5.41) is 14.8. The Hall–Kier alpha value is -5.63. The zero-order valence-corrected chi connectivity index (χ0v) is 35.8. The number of ether oxygens (including phenoxy) is 3. The Morgan fingerprint density at radius 1 is 0.857 bits per heavy atom. The van der Waals surface area contributed by atoms with Gasteiger partial charge in [0.15, 0.2) is 0 Å². The van der Waals surface area contributed by atoms with E-state index in [1.54, 1.807) is 48.8 Å². The second kappa shape index (κ2) is 18.6. The van der Waals surface area contributed by atoms with Gasteiger partial charge in [-0.2, -0.15) is 5.26 Å². The largest absolute Gasteiger partial charge is 0.490 e. The molecule has 5 heterocycles. The third-order valence-electron chi connectivity index (χ3n) is 13.6. The van der Waals surface area contributed by atoms with E-state index in [-0.39, 0.29) is 48.1 Å². The van der Waals surface area contributed by atoms with Crippen molar-refractivity contribution in [1.29, 1.82) is 5.26 Å². The van der Waals surface area contributed by atoms with Crippen LogP contribution in [-0.4, -0.2) is 119 Å². The summed E-state index contributed by atoms with van der Waals surface area (Å²) in [5.41, 5.74) is 1.16. The number of nitrogens with zero attached hydrogens (tertiary/aromatic N) is 6. The highest BCUT2D eigenvalue weighted by molar-refractivity contribution is 6.31. The molecule has 2 aromatic carbocycles. The molecule has 3 aromatic rings. The standard InChI is InChI=1S/C46H51ClN8O8/c47-38-22-34(4-1-28(38)23-48)62-32-5-2-29(3-6-32)51-43(57)39-24-50-41(25-49-39)53-15-11-27(12-16-53)26-54(30-13-17-61-18-14-30)31-19-35(20-31)63-33-7-8-36-37(21-33)46(60)55(45(36)59)40-9-10-42(56)52-44(40)58/h1,4,7-8,21-22,24-25,27,29-32,35,40H,2-3,5-6,9-20,26H2,(H,51,57)(H,52,56,58). The van der Waals surface area contributed by atoms with Crippen molar-refractivity contribution in [3.63, 3.8) is 0 Å². The monoisotopic (exact) mass is 878 g/mol. The van der Waals surface area contributed by atoms with Crippen molar-refractivity contribution >= 4 is 47.0 Å². The lowest BCUT2D eigenvalue weighted by molar-refractivity contribution is -0.136. The maximum absolute atomic E-state index is 13.4. The van der Waals surface area contributed by atoms with E-state index in [9.17, 15) is 24.0 Å². The minimum atomic E-state index is -1.01. The van der Waals surface area contributed by atoms with Gasteiger partial charge in [0.2, 0.25) is 11.8 Å². The van der Waals surface area contributed by atoms with Gasteiger partial charge in [-0.05, 0) is 94.0 Å². The first kappa shape index (κ1) is 42.7. The predicted octanol–water partition coefficient (Wildman–Crippen LogP) is 4.83. The van der Waals surface area contributed by atoms with Crippen LogP contribution in [0.5, 0.6) is 11.5 Å². The Balaban J connectivity index is 0.733. The lowest BCUT2D eigenvalue weighted by Gasteiger charge is -2.49. The average molecular weight is 879 g/mol. The summed E-state index contributed by atoms with van der Waals surface area (Å²) in [7, 11) is 0. The first-order chi connectivity index (χ1) is 30.6. The number of hydrogen-bond acceptors (Lipinski definition) is 13. The van der Waals surface area contributed by atoms with Gasteiger partial charge in [-0.25, -0.2) is 9.97 Å². The summed E-state index contributed by atoms with van der Waals surface area (Å²) in [6.45, 7) is 4.20. The summed E-state index contributed by atoms with van der Waals surface area (Å²) in [5.74, 6) is 0.0857. The molecule has 2 N–H and O–H groups in total. The fraction of sp³-hybridized carbons (Fsp3) is 0.522. The van der Waals surface area contributed by atoms with Gasteiger partial charge in [-0.1, -0.05) is 11.6 Å². The molecule has 17 heteroatoms. The van der Waals surface area contributed by atoms with E-state index < -0.39 is 29.7 Å². The molecule has 1 atom stereocenters. The average Bonchev–Trinajstić information content (AvgIpc) is 3.53. The van der Waals surface area contributed by atoms with Crippen molar-refractivity contribution in [1.82, 2.24) is 30.4 Å². The lowest BCUT2D eigenvalue weighted by atomic mass is 9.84. The van der Waals surface area contributed by atoms with Gasteiger partial charge in [0.05, 0.1) is 40.2 Å². The molecule has 63 heavy (non-hydrogen) atoms. The number of benzene rings is 2. The van der Waals surface area contributed by atoms with E-state index in [4.69, 9.17) is 31.1 Å². The number of fused-ring (bicyclic) bond motifs is 1. The molecule has 6 aliphatic rings. The van der Waals surface area contributed by atoms with Crippen molar-refractivity contribution in [2.75, 3.05) is 37.7 Å². The van der Waals surface area contributed by atoms with Crippen molar-refractivity contribution in [3.8, 4) is 17.6 Å². The molecule has 0 radical (unpaired) electrons. The quantitative estimate of drug-likeness (QED) is 0.235. The van der Waals surface area contributed by atoms with Crippen molar-refractivity contribution < 1.29 is 38.2 Å². The molecule has 5 fully saturated rings. The van der Waals surface area contributed by atoms with Gasteiger partial charge in [-0.3, -0.25) is 39.1 Å². The van der Waals surface area contributed by atoms with Crippen LogP contribution >= 0.6 is 11.6 Å². The molecule has 5 amide bonds. The van der Waals surface area contributed by atoms with E-state index in [0.29, 0.717) is 45.8 Å². The Labute approximate surface area is 370 Å². The summed E-state index contributed by atoms with van der Waals surface area (Å²) < 4.78 is 18.2. The second-order valence-corrected chi connectivity index (χ2v) is 18.0. The number of nitriles is 1. The highest BCUT2D eigenvalue weighted by Gasteiger charge is 2.45. The minimum Gasteiger partial charge on any atom is -0.490 e. The summed E-state index contributed by atoms with van der Waals surface area (Å²) in [4.78, 5) is 78.8. The zero-order valence-electron chi connectivity index (χ0n) is 35.0. The SMILES string of the molecule is N#Cc1ccc(OC2CCC(NC(=O)c3cnc(N4CCC(CN(C5CCOCC5)C5CC(Oc6ccc7c(c6)C(=O)N(C6CCC(=O)NC6=O)C7=O)C5)CC4)cn3)CC2)cc1Cl. The highest BCUT2D eigenvalue weighted by atomic mass is 35.5. The number of hydrogen-bond donors (Lipinski definition) is 2. The van der Waals surface area contributed by atoms with E-state index >= 15 is 0 Å². The van der Waals surface area contributed by atoms with Gasteiger partial charge < -0.3 is 24.4 Å². The lowest BCUT2D eigenvalue weighted by Crippen LogP contribution is -2.56. The smallest absolute Gasteiger partial charge is 0.271 e. The molecule has 1 aromatic heterocycles. The number of carbonyl (C=O) groups excluding carboxylic acids is 5. The third kappa shape index (κ3) is 9.37. The molecular formula is C46H51ClN8O8. The maximum atomic E-state index is 13.4. The van der Waals surface area contributed by atoms with Gasteiger partial charge in [0, 0.05) is 76.3 Å². The number of anilines is 1. The molecule has 3 saturated heterocycles. The number of aromatic nitrogens is 2. The van der Waals surface area contributed by atoms with E-state index in [0.717, 1.165) is 108 Å². The minimum absolute atomic E-state index is 0.0119. The van der Waals surface area contributed by atoms with Crippen molar-refractivity contribution in [2.45, 2.75) is 113 Å². The van der Waals surface area contributed by atoms with Gasteiger partial charge >= 0.3 is 0 Å². The Morgan fingerprint density at radius 3 is 2.27 bits per heavy atom. The number of nitrogens with one attached hydrogen (secondary N) is 2. The van der Waals surface area contributed by atoms with E-state index in [1.165, 1.54) is 0 Å². The molecule has 1 unspecified atom stereocenters. The number of carbonyl (C=O) groups is 5. The molecule has 2 aliphatic carbocycles. The molecular weight excluding hydrogens is 828 g/mol. The third-order valence-corrected chi connectivity index (χ3v) is 13.9. The predicted molar refractivity (Wildman–Crippen MR) is 228 cm³/mol. The van der Waals surface area contributed by atoms with Crippen LogP contribution in [0.2, 0.25) is 5.02 Å². The normalized spacial score (nSPS) is 25.6. The van der Waals surface area contributed by atoms with Crippen LogP contribution in [0.4, 0.5) is 5.82 Å². The fourth-order valence-corrected chi connectivity index (χ4v) is 10.1. The van der Waals surface area contributed by atoms with Crippen molar-refractivity contribution in [3.05, 3.63) is 76.2 Å². The van der Waals surface area contributed by atoms with Crippen LogP contribution in [0.25, 0.3) is 0 Å². The van der Waals surface area contributed by atoms with Crippen LogP contribution < -0.4 is 25.0 Å². The molecule has 330 valence electrons. The molecule has 0 spiro atoms. The van der Waals surface area contributed by atoms with Crippen LogP contribution in [0, 0.1) is 17.2 Å². The Morgan fingerprint density at radius 2 is 1.57 bits per heavy atom. The molecule has 4 aliphatic heterocycles. The number of piperidine rings is 2. The summed E-state index contributed by atoms with van der Waals surface area (Å²) in [6, 6.07) is 11.9. The van der Waals surface area contributed by atoms with Gasteiger partial charge in [-0.15, -0.1) is 0 Å². The zero-order chi connectivity index (χ0) is 43.6. The number of rotatable bonds is 12. The molecule has 2 saturated carbocycles. The van der Waals surface area contributed by atoms with Crippen LogP contribution in [-0.2, 0) is 14.3 Å². The first-order valence-electron chi connectivity index (χ1n) is 22.2. The maximum Gasteiger partial charge on any atom is 0.271 e. The first-order valence-corrected chi connectivity index (χ1v) is 22.6. The van der Waals surface area contributed by atoms with E-state index in [1.807, 2.05) is 0 Å². The van der Waals surface area contributed by atoms with Crippen LogP contribution in [0.3, 0.4) is 0 Å². The number of amides is 5.